The van der Waals surface area contributed by atoms with Crippen LogP contribution in [0, 0.1) is 0 Å². The molecule has 1 aromatic heterocycles. The van der Waals surface area contributed by atoms with Crippen molar-refractivity contribution in [3.8, 4) is 17.1 Å². The monoisotopic (exact) mass is 417 g/mol. The molecule has 1 aliphatic heterocycles. The number of hydrogen-bond acceptors (Lipinski definition) is 5. The van der Waals surface area contributed by atoms with E-state index in [1.807, 2.05) is 24.3 Å². The van der Waals surface area contributed by atoms with E-state index in [2.05, 4.69) is 10.1 Å². The number of aromatic nitrogens is 2. The first kappa shape index (κ1) is 19.9. The molecule has 156 valence electrons. The van der Waals surface area contributed by atoms with Crippen molar-refractivity contribution < 1.29 is 27.2 Å². The van der Waals surface area contributed by atoms with E-state index in [-0.39, 0.29) is 24.1 Å². The summed E-state index contributed by atoms with van der Waals surface area (Å²) in [5.41, 5.74) is 0.611. The summed E-state index contributed by atoms with van der Waals surface area (Å²) < 4.78 is 48.6. The van der Waals surface area contributed by atoms with Crippen molar-refractivity contribution in [1.29, 1.82) is 0 Å². The molecule has 0 spiro atoms. The molecule has 0 bridgehead atoms. The minimum atomic E-state index is -4.41. The molecule has 1 saturated heterocycles. The number of carbonyl (C=O) groups excluding carboxylic acids is 1. The smallest absolute Gasteiger partial charge is 0.416 e. The van der Waals surface area contributed by atoms with Crippen LogP contribution in [0.4, 0.5) is 13.2 Å². The topological polar surface area (TPSA) is 68.5 Å². The summed E-state index contributed by atoms with van der Waals surface area (Å²) in [5, 5.41) is 3.87. The molecule has 0 N–H and O–H groups in total. The molecule has 9 heteroatoms. The number of hydrogen-bond donors (Lipinski definition) is 0. The second kappa shape index (κ2) is 7.81. The summed E-state index contributed by atoms with van der Waals surface area (Å²) in [6.45, 7) is 0.858. The number of benzene rings is 2. The Bertz CT molecular complexity index is 1050. The van der Waals surface area contributed by atoms with E-state index in [1.165, 1.54) is 12.1 Å². The van der Waals surface area contributed by atoms with Crippen molar-refractivity contribution >= 4 is 5.91 Å². The number of rotatable bonds is 5. The van der Waals surface area contributed by atoms with E-state index in [9.17, 15) is 18.0 Å². The molecular formula is C21H18F3N3O3. The lowest BCUT2D eigenvalue weighted by atomic mass is 10.1. The maximum absolute atomic E-state index is 12.7. The summed E-state index contributed by atoms with van der Waals surface area (Å²) in [5.74, 6) is 0.911. The van der Waals surface area contributed by atoms with Gasteiger partial charge in [0.25, 0.3) is 0 Å². The molecule has 0 radical (unpaired) electrons. The maximum Gasteiger partial charge on any atom is 0.416 e. The summed E-state index contributed by atoms with van der Waals surface area (Å²) in [6, 6.07) is 12.0. The number of halogens is 3. The highest BCUT2D eigenvalue weighted by Crippen LogP contribution is 2.32. The molecule has 0 aliphatic carbocycles. The fourth-order valence-corrected chi connectivity index (χ4v) is 3.41. The molecule has 2 heterocycles. The SMILES string of the molecule is COc1cccc(CN2CC(c3nc(-c4ccc(C(F)(F)F)cc4)no3)CC2=O)c1. The summed E-state index contributed by atoms with van der Waals surface area (Å²) in [7, 11) is 1.58. The van der Waals surface area contributed by atoms with E-state index in [0.717, 1.165) is 17.7 Å². The van der Waals surface area contributed by atoms with Gasteiger partial charge in [0, 0.05) is 25.1 Å². The first-order valence-electron chi connectivity index (χ1n) is 9.25. The highest BCUT2D eigenvalue weighted by molar-refractivity contribution is 5.79. The van der Waals surface area contributed by atoms with Gasteiger partial charge < -0.3 is 14.2 Å². The van der Waals surface area contributed by atoms with Crippen LogP contribution < -0.4 is 4.74 Å². The number of alkyl halides is 3. The molecule has 1 fully saturated rings. The van der Waals surface area contributed by atoms with E-state index < -0.39 is 11.7 Å². The van der Waals surface area contributed by atoms with E-state index in [1.54, 1.807) is 12.0 Å². The number of likely N-dealkylation sites (tertiary alicyclic amines) is 1. The van der Waals surface area contributed by atoms with Crippen molar-refractivity contribution in [3.05, 3.63) is 65.5 Å². The zero-order valence-electron chi connectivity index (χ0n) is 16.0. The fraction of sp³-hybridized carbons (Fsp3) is 0.286. The second-order valence-electron chi connectivity index (χ2n) is 7.06. The molecule has 30 heavy (non-hydrogen) atoms. The van der Waals surface area contributed by atoms with Crippen molar-refractivity contribution in [2.75, 3.05) is 13.7 Å². The summed E-state index contributed by atoms with van der Waals surface area (Å²) >= 11 is 0. The zero-order valence-corrected chi connectivity index (χ0v) is 16.0. The number of methoxy groups -OCH3 is 1. The van der Waals surface area contributed by atoms with E-state index in [0.29, 0.717) is 30.3 Å². The normalized spacial score (nSPS) is 16.9. The molecule has 6 nitrogen and oxygen atoms in total. The third-order valence-electron chi connectivity index (χ3n) is 4.98. The average Bonchev–Trinajstić information content (AvgIpc) is 3.35. The lowest BCUT2D eigenvalue weighted by Crippen LogP contribution is -2.24. The van der Waals surface area contributed by atoms with Gasteiger partial charge >= 0.3 is 6.18 Å². The Morgan fingerprint density at radius 2 is 1.97 bits per heavy atom. The molecule has 1 atom stereocenters. The van der Waals surface area contributed by atoms with E-state index in [4.69, 9.17) is 9.26 Å². The maximum atomic E-state index is 12.7. The fourth-order valence-electron chi connectivity index (χ4n) is 3.41. The molecular weight excluding hydrogens is 399 g/mol. The lowest BCUT2D eigenvalue weighted by Gasteiger charge is -2.16. The predicted octanol–water partition coefficient (Wildman–Crippen LogP) is 4.28. The van der Waals surface area contributed by atoms with Crippen LogP contribution in [0.25, 0.3) is 11.4 Å². The lowest BCUT2D eigenvalue weighted by molar-refractivity contribution is -0.137. The van der Waals surface area contributed by atoms with Crippen molar-refractivity contribution in [3.63, 3.8) is 0 Å². The van der Waals surface area contributed by atoms with Gasteiger partial charge in [0.05, 0.1) is 18.6 Å². The third-order valence-corrected chi connectivity index (χ3v) is 4.98. The largest absolute Gasteiger partial charge is 0.497 e. The summed E-state index contributed by atoms with van der Waals surface area (Å²) in [6.07, 6.45) is -4.17. The average molecular weight is 417 g/mol. The summed E-state index contributed by atoms with van der Waals surface area (Å²) in [4.78, 5) is 18.4. The predicted molar refractivity (Wildman–Crippen MR) is 101 cm³/mol. The molecule has 4 rings (SSSR count). The van der Waals surface area contributed by atoms with Gasteiger partial charge in [-0.05, 0) is 29.8 Å². The number of ether oxygens (including phenoxy) is 1. The van der Waals surface area contributed by atoms with Gasteiger partial charge in [-0.2, -0.15) is 18.2 Å². The van der Waals surface area contributed by atoms with E-state index >= 15 is 0 Å². The highest BCUT2D eigenvalue weighted by Gasteiger charge is 2.34. The van der Waals surface area contributed by atoms with Gasteiger partial charge in [-0.3, -0.25) is 4.79 Å². The Morgan fingerprint density at radius 3 is 2.67 bits per heavy atom. The zero-order chi connectivity index (χ0) is 21.3. The number of carbonyl (C=O) groups is 1. The Labute approximate surface area is 170 Å². The van der Waals surface area contributed by atoms with Crippen LogP contribution in [0.15, 0.2) is 53.1 Å². The molecule has 2 aromatic carbocycles. The van der Waals surface area contributed by atoms with Crippen LogP contribution >= 0.6 is 0 Å². The van der Waals surface area contributed by atoms with Crippen LogP contribution in [0.2, 0.25) is 0 Å². The van der Waals surface area contributed by atoms with Crippen molar-refractivity contribution in [2.24, 2.45) is 0 Å². The van der Waals surface area contributed by atoms with Gasteiger partial charge in [-0.15, -0.1) is 0 Å². The Balaban J connectivity index is 1.45. The van der Waals surface area contributed by atoms with Crippen molar-refractivity contribution in [2.45, 2.75) is 25.1 Å². The van der Waals surface area contributed by atoms with Gasteiger partial charge in [0.1, 0.15) is 5.75 Å². The molecule has 1 unspecified atom stereocenters. The first-order valence-corrected chi connectivity index (χ1v) is 9.25. The van der Waals surface area contributed by atoms with Gasteiger partial charge in [-0.25, -0.2) is 0 Å². The molecule has 0 saturated carbocycles. The first-order chi connectivity index (χ1) is 14.3. The number of nitrogens with zero attached hydrogens (tertiary/aromatic N) is 3. The van der Waals surface area contributed by atoms with Crippen LogP contribution in [-0.2, 0) is 17.5 Å². The van der Waals surface area contributed by atoms with Gasteiger partial charge in [0.2, 0.25) is 17.6 Å². The Hall–Kier alpha value is -3.36. The van der Waals surface area contributed by atoms with Gasteiger partial charge in [-0.1, -0.05) is 29.4 Å². The Morgan fingerprint density at radius 1 is 1.20 bits per heavy atom. The standard InChI is InChI=1S/C21H18F3N3O3/c1-29-17-4-2-3-13(9-17)11-27-12-15(10-18(27)28)20-25-19(26-30-20)14-5-7-16(8-6-14)21(22,23)24/h2-9,15H,10-12H2,1H3. The van der Waals surface area contributed by atoms with Crippen LogP contribution in [0.1, 0.15) is 29.4 Å². The highest BCUT2D eigenvalue weighted by atomic mass is 19.4. The minimum absolute atomic E-state index is 0.0305. The molecule has 1 amide bonds. The molecule has 1 aliphatic rings. The van der Waals surface area contributed by atoms with Crippen LogP contribution in [-0.4, -0.2) is 34.6 Å². The minimum Gasteiger partial charge on any atom is -0.497 e. The molecule has 3 aromatic rings. The second-order valence-corrected chi connectivity index (χ2v) is 7.06. The third kappa shape index (κ3) is 4.14. The van der Waals surface area contributed by atoms with Gasteiger partial charge in [0.15, 0.2) is 0 Å². The number of amides is 1. The Kier molecular flexibility index (Phi) is 5.19. The van der Waals surface area contributed by atoms with Crippen LogP contribution in [0.3, 0.4) is 0 Å². The van der Waals surface area contributed by atoms with Crippen LogP contribution in [0.5, 0.6) is 5.75 Å². The van der Waals surface area contributed by atoms with Crippen molar-refractivity contribution in [1.82, 2.24) is 15.0 Å². The quantitative estimate of drug-likeness (QED) is 0.620.